The topological polar surface area (TPSA) is 84.1 Å². The number of aromatic nitrogens is 2. The second-order valence-electron chi connectivity index (χ2n) is 4.35. The number of imidazole rings is 1. The fraction of sp³-hybridized carbons (Fsp3) is 0.214. The molecule has 0 saturated heterocycles. The highest BCUT2D eigenvalue weighted by Gasteiger charge is 2.39. The van der Waals surface area contributed by atoms with Crippen LogP contribution in [0.5, 0.6) is 0 Å². The van der Waals surface area contributed by atoms with E-state index in [1.54, 1.807) is 18.2 Å². The number of anilines is 1. The van der Waals surface area contributed by atoms with Gasteiger partial charge in [-0.25, -0.2) is 9.78 Å². The fourth-order valence-electron chi connectivity index (χ4n) is 1.75. The van der Waals surface area contributed by atoms with Crippen LogP contribution in [0.4, 0.5) is 19.1 Å². The molecule has 0 radical (unpaired) electrons. The Bertz CT molecular complexity index is 711. The molecular formula is C14H12F3N3O3. The second kappa shape index (κ2) is 6.51. The van der Waals surface area contributed by atoms with Crippen molar-refractivity contribution in [2.45, 2.75) is 13.1 Å². The summed E-state index contributed by atoms with van der Waals surface area (Å²) in [5, 5.41) is 2.17. The summed E-state index contributed by atoms with van der Waals surface area (Å²) in [6, 6.07) is 7.85. The molecule has 1 amide bonds. The maximum Gasteiger partial charge on any atom is 0.433 e. The number of hydrogen-bond acceptors (Lipinski definition) is 4. The van der Waals surface area contributed by atoms with E-state index in [1.165, 1.54) is 19.1 Å². The molecule has 9 heteroatoms. The predicted molar refractivity (Wildman–Crippen MR) is 73.9 cm³/mol. The highest BCUT2D eigenvalue weighted by Crippen LogP contribution is 2.31. The number of H-pyrrole nitrogens is 1. The van der Waals surface area contributed by atoms with Gasteiger partial charge in [0.15, 0.2) is 11.4 Å². The largest absolute Gasteiger partial charge is 0.461 e. The minimum absolute atomic E-state index is 0.102. The molecular weight excluding hydrogens is 315 g/mol. The third-order valence-electron chi connectivity index (χ3n) is 2.72. The van der Waals surface area contributed by atoms with E-state index in [1.807, 2.05) is 4.98 Å². The van der Waals surface area contributed by atoms with Crippen molar-refractivity contribution in [1.29, 1.82) is 0 Å². The van der Waals surface area contributed by atoms with Crippen LogP contribution in [0.25, 0.3) is 0 Å². The highest BCUT2D eigenvalue weighted by molar-refractivity contribution is 6.03. The third kappa shape index (κ3) is 3.87. The maximum absolute atomic E-state index is 12.9. The van der Waals surface area contributed by atoms with Gasteiger partial charge < -0.3 is 9.72 Å². The molecule has 1 heterocycles. The van der Waals surface area contributed by atoms with Crippen LogP contribution in [0, 0.1) is 0 Å². The number of halogens is 3. The molecule has 0 aliphatic rings. The van der Waals surface area contributed by atoms with Gasteiger partial charge in [-0.05, 0) is 19.1 Å². The lowest BCUT2D eigenvalue weighted by Crippen LogP contribution is -2.15. The van der Waals surface area contributed by atoms with E-state index >= 15 is 0 Å². The average molecular weight is 327 g/mol. The van der Waals surface area contributed by atoms with Crippen molar-refractivity contribution in [3.63, 3.8) is 0 Å². The number of hydrogen-bond donors (Lipinski definition) is 2. The van der Waals surface area contributed by atoms with E-state index in [2.05, 4.69) is 15.0 Å². The lowest BCUT2D eigenvalue weighted by molar-refractivity contribution is -0.141. The molecule has 0 atom stereocenters. The molecule has 0 aliphatic carbocycles. The van der Waals surface area contributed by atoms with Crippen molar-refractivity contribution in [2.24, 2.45) is 0 Å². The van der Waals surface area contributed by atoms with Crippen molar-refractivity contribution in [1.82, 2.24) is 9.97 Å². The van der Waals surface area contributed by atoms with E-state index in [4.69, 9.17) is 0 Å². The molecule has 2 N–H and O–H groups in total. The summed E-state index contributed by atoms with van der Waals surface area (Å²) in [6.07, 6.45) is -4.84. The standard InChI is InChI=1S/C14H12F3N3O3/c1-2-23-12(22)9-10(14(15,16)17)19-13(18-9)20-11(21)8-6-4-3-5-7-8/h3-7H,2H2,1H3,(H2,18,19,20,21). The average Bonchev–Trinajstić information content (AvgIpc) is 2.92. The maximum atomic E-state index is 12.9. The zero-order valence-electron chi connectivity index (χ0n) is 11.9. The molecule has 2 aromatic rings. The summed E-state index contributed by atoms with van der Waals surface area (Å²) in [6.45, 7) is 1.35. The minimum atomic E-state index is -4.84. The van der Waals surface area contributed by atoms with Gasteiger partial charge in [0.1, 0.15) is 0 Å². The van der Waals surface area contributed by atoms with Gasteiger partial charge in [-0.1, -0.05) is 18.2 Å². The molecule has 0 fully saturated rings. The molecule has 0 bridgehead atoms. The van der Waals surface area contributed by atoms with E-state index in [9.17, 15) is 22.8 Å². The zero-order chi connectivity index (χ0) is 17.0. The Balaban J connectivity index is 2.30. The van der Waals surface area contributed by atoms with Crippen LogP contribution in [0.1, 0.15) is 33.5 Å². The highest BCUT2D eigenvalue weighted by atomic mass is 19.4. The number of esters is 1. The van der Waals surface area contributed by atoms with Crippen molar-refractivity contribution in [3.8, 4) is 0 Å². The molecule has 6 nitrogen and oxygen atoms in total. The lowest BCUT2D eigenvalue weighted by Gasteiger charge is -2.05. The summed E-state index contributed by atoms with van der Waals surface area (Å²) < 4.78 is 43.3. The molecule has 23 heavy (non-hydrogen) atoms. The Labute approximate surface area is 128 Å². The number of ether oxygens (including phenoxy) is 1. The van der Waals surface area contributed by atoms with Crippen molar-refractivity contribution < 1.29 is 27.5 Å². The molecule has 1 aromatic heterocycles. The number of nitrogens with zero attached hydrogens (tertiary/aromatic N) is 1. The number of rotatable bonds is 4. The quantitative estimate of drug-likeness (QED) is 0.846. The van der Waals surface area contributed by atoms with E-state index in [0.717, 1.165) is 0 Å². The van der Waals surface area contributed by atoms with E-state index < -0.39 is 35.4 Å². The lowest BCUT2D eigenvalue weighted by atomic mass is 10.2. The van der Waals surface area contributed by atoms with Gasteiger partial charge in [0.25, 0.3) is 5.91 Å². The predicted octanol–water partition coefficient (Wildman–Crippen LogP) is 2.86. The van der Waals surface area contributed by atoms with Gasteiger partial charge >= 0.3 is 12.1 Å². The summed E-state index contributed by atoms with van der Waals surface area (Å²) in [5.74, 6) is -2.38. The first-order valence-electron chi connectivity index (χ1n) is 6.53. The summed E-state index contributed by atoms with van der Waals surface area (Å²) in [7, 11) is 0. The first-order chi connectivity index (χ1) is 10.8. The fourth-order valence-corrected chi connectivity index (χ4v) is 1.75. The zero-order valence-corrected chi connectivity index (χ0v) is 11.9. The molecule has 0 spiro atoms. The molecule has 2 rings (SSSR count). The monoisotopic (exact) mass is 327 g/mol. The van der Waals surface area contributed by atoms with Crippen LogP contribution < -0.4 is 5.32 Å². The van der Waals surface area contributed by atoms with Gasteiger partial charge in [0.05, 0.1) is 6.61 Å². The summed E-state index contributed by atoms with van der Waals surface area (Å²) >= 11 is 0. The first kappa shape index (κ1) is 16.5. The van der Waals surface area contributed by atoms with Gasteiger partial charge in [-0.2, -0.15) is 13.2 Å². The van der Waals surface area contributed by atoms with E-state index in [-0.39, 0.29) is 12.2 Å². The molecule has 1 aromatic carbocycles. The van der Waals surface area contributed by atoms with Crippen molar-refractivity contribution >= 4 is 17.8 Å². The molecule has 122 valence electrons. The normalized spacial score (nSPS) is 11.1. The van der Waals surface area contributed by atoms with Gasteiger partial charge in [-0.3, -0.25) is 10.1 Å². The van der Waals surface area contributed by atoms with Crippen LogP contribution in [-0.4, -0.2) is 28.5 Å². The molecule has 0 unspecified atom stereocenters. The Hall–Kier alpha value is -2.84. The summed E-state index contributed by atoms with van der Waals surface area (Å²) in [5.41, 5.74) is -2.07. The SMILES string of the molecule is CCOC(=O)c1nc(NC(=O)c2ccccc2)[nH]c1C(F)(F)F. The number of amides is 1. The number of benzene rings is 1. The Morgan fingerprint density at radius 2 is 1.91 bits per heavy atom. The molecule has 0 saturated carbocycles. The second-order valence-corrected chi connectivity index (χ2v) is 4.35. The van der Waals surface area contributed by atoms with Crippen LogP contribution in [0.3, 0.4) is 0 Å². The van der Waals surface area contributed by atoms with Crippen LogP contribution in [0.15, 0.2) is 30.3 Å². The van der Waals surface area contributed by atoms with Gasteiger partial charge in [-0.15, -0.1) is 0 Å². The van der Waals surface area contributed by atoms with Crippen molar-refractivity contribution in [3.05, 3.63) is 47.3 Å². The molecule has 0 aliphatic heterocycles. The van der Waals surface area contributed by atoms with Crippen LogP contribution in [0.2, 0.25) is 0 Å². The Morgan fingerprint density at radius 1 is 1.26 bits per heavy atom. The minimum Gasteiger partial charge on any atom is -0.461 e. The number of aromatic amines is 1. The van der Waals surface area contributed by atoms with Crippen LogP contribution >= 0.6 is 0 Å². The Morgan fingerprint density at radius 3 is 2.48 bits per heavy atom. The smallest absolute Gasteiger partial charge is 0.433 e. The number of alkyl halides is 3. The van der Waals surface area contributed by atoms with E-state index in [0.29, 0.717) is 0 Å². The van der Waals surface area contributed by atoms with Gasteiger partial charge in [0.2, 0.25) is 5.95 Å². The third-order valence-corrected chi connectivity index (χ3v) is 2.72. The van der Waals surface area contributed by atoms with Crippen molar-refractivity contribution in [2.75, 3.05) is 11.9 Å². The number of carbonyl (C=O) groups excluding carboxylic acids is 2. The Kier molecular flexibility index (Phi) is 4.68. The number of carbonyl (C=O) groups is 2. The number of nitrogens with one attached hydrogen (secondary N) is 2. The first-order valence-corrected chi connectivity index (χ1v) is 6.53. The van der Waals surface area contributed by atoms with Crippen LogP contribution in [-0.2, 0) is 10.9 Å². The van der Waals surface area contributed by atoms with Gasteiger partial charge in [0, 0.05) is 5.56 Å². The summed E-state index contributed by atoms with van der Waals surface area (Å²) in [4.78, 5) is 28.8.